The van der Waals surface area contributed by atoms with Crippen molar-refractivity contribution in [2.45, 2.75) is 6.92 Å². The van der Waals surface area contributed by atoms with E-state index < -0.39 is 0 Å². The lowest BCUT2D eigenvalue weighted by molar-refractivity contribution is 1.35. The van der Waals surface area contributed by atoms with Crippen LogP contribution in [0.25, 0.3) is 33.8 Å². The lowest BCUT2D eigenvalue weighted by atomic mass is 10.1. The minimum absolute atomic E-state index is 0.365. The number of halogens is 2. The fraction of sp³-hybridized carbons (Fsp3) is 0.0455. The number of pyridine rings is 1. The molecule has 0 aliphatic rings. The van der Waals surface area contributed by atoms with Crippen molar-refractivity contribution in [1.29, 1.82) is 5.26 Å². The van der Waals surface area contributed by atoms with Crippen LogP contribution in [-0.4, -0.2) is 9.97 Å². The first kappa shape index (κ1) is 18.6. The molecule has 2 aromatic heterocycles. The van der Waals surface area contributed by atoms with Crippen LogP contribution in [0.3, 0.4) is 0 Å². The lowest BCUT2D eigenvalue weighted by Gasteiger charge is -2.05. The summed E-state index contributed by atoms with van der Waals surface area (Å²) >= 11 is 13.7. The van der Waals surface area contributed by atoms with Crippen molar-refractivity contribution in [1.82, 2.24) is 9.97 Å². The van der Waals surface area contributed by atoms with Crippen molar-refractivity contribution in [3.8, 4) is 17.3 Å². The summed E-state index contributed by atoms with van der Waals surface area (Å²) in [5.74, 6) is 0. The fourth-order valence-electron chi connectivity index (χ4n) is 2.89. The third-order valence-corrected chi connectivity index (χ3v) is 5.75. The first-order chi connectivity index (χ1) is 13.5. The molecule has 0 saturated heterocycles. The maximum Gasteiger partial charge on any atom is 0.137 e. The van der Waals surface area contributed by atoms with Crippen LogP contribution in [0.1, 0.15) is 16.1 Å². The summed E-state index contributed by atoms with van der Waals surface area (Å²) in [6, 6.07) is 17.6. The first-order valence-electron chi connectivity index (χ1n) is 8.44. The number of nitriles is 1. The van der Waals surface area contributed by atoms with Crippen molar-refractivity contribution in [3.63, 3.8) is 0 Å². The van der Waals surface area contributed by atoms with Crippen LogP contribution in [0.2, 0.25) is 10.2 Å². The SMILES string of the molecule is Cc1cccc2cc(/C=C(\C#N)c3nc(-c4ccc(Cl)cc4)cs3)c(Cl)nc12. The standard InChI is InChI=1S/C22H13Cl2N3S/c1-13-3-2-4-15-9-16(21(24)27-20(13)15)10-17(11-25)22-26-19(12-28-22)14-5-7-18(23)8-6-14/h2-10,12H,1H3/b17-10+. The van der Waals surface area contributed by atoms with Crippen LogP contribution in [0.15, 0.2) is 53.9 Å². The van der Waals surface area contributed by atoms with E-state index in [9.17, 15) is 5.26 Å². The third-order valence-electron chi connectivity index (χ3n) is 4.32. The monoisotopic (exact) mass is 421 g/mol. The van der Waals surface area contributed by atoms with Gasteiger partial charge in [0.15, 0.2) is 0 Å². The van der Waals surface area contributed by atoms with Crippen LogP contribution < -0.4 is 0 Å². The number of fused-ring (bicyclic) bond motifs is 1. The highest BCUT2D eigenvalue weighted by Crippen LogP contribution is 2.30. The predicted molar refractivity (Wildman–Crippen MR) is 118 cm³/mol. The highest BCUT2D eigenvalue weighted by molar-refractivity contribution is 7.11. The molecule has 0 amide bonds. The highest BCUT2D eigenvalue weighted by Gasteiger charge is 2.11. The molecule has 4 rings (SSSR count). The Morgan fingerprint density at radius 3 is 2.64 bits per heavy atom. The molecule has 6 heteroatoms. The van der Waals surface area contributed by atoms with E-state index in [2.05, 4.69) is 16.0 Å². The number of thiazole rings is 1. The maximum atomic E-state index is 9.67. The Labute approximate surface area is 176 Å². The predicted octanol–water partition coefficient (Wildman–Crippen LogP) is 7.04. The molecular formula is C22H13Cl2N3S. The topological polar surface area (TPSA) is 49.6 Å². The smallest absolute Gasteiger partial charge is 0.137 e. The van der Waals surface area contributed by atoms with Gasteiger partial charge in [0, 0.05) is 26.9 Å². The molecule has 0 spiro atoms. The molecule has 0 saturated carbocycles. The largest absolute Gasteiger partial charge is 0.235 e. The molecule has 0 fully saturated rings. The summed E-state index contributed by atoms with van der Waals surface area (Å²) in [6.45, 7) is 2.00. The Morgan fingerprint density at radius 1 is 1.11 bits per heavy atom. The number of benzene rings is 2. The minimum Gasteiger partial charge on any atom is -0.235 e. The zero-order chi connectivity index (χ0) is 19.7. The van der Waals surface area contributed by atoms with Gasteiger partial charge in [-0.05, 0) is 36.8 Å². The van der Waals surface area contributed by atoms with E-state index in [4.69, 9.17) is 23.2 Å². The van der Waals surface area contributed by atoms with E-state index in [0.717, 1.165) is 27.7 Å². The van der Waals surface area contributed by atoms with Crippen LogP contribution in [0.5, 0.6) is 0 Å². The van der Waals surface area contributed by atoms with Crippen LogP contribution >= 0.6 is 34.5 Å². The van der Waals surface area contributed by atoms with E-state index in [1.807, 2.05) is 60.8 Å². The molecular weight excluding hydrogens is 409 g/mol. The number of hydrogen-bond acceptors (Lipinski definition) is 4. The summed E-state index contributed by atoms with van der Waals surface area (Å²) in [5.41, 5.74) is 4.81. The van der Waals surface area contributed by atoms with Crippen LogP contribution in [0.4, 0.5) is 0 Å². The zero-order valence-corrected chi connectivity index (χ0v) is 17.1. The van der Waals surface area contributed by atoms with Gasteiger partial charge in [0.2, 0.25) is 0 Å². The summed E-state index contributed by atoms with van der Waals surface area (Å²) in [6.07, 6.45) is 1.74. The van der Waals surface area contributed by atoms with Gasteiger partial charge in [-0.2, -0.15) is 5.26 Å². The summed E-state index contributed by atoms with van der Waals surface area (Å²) in [5, 5.41) is 14.2. The summed E-state index contributed by atoms with van der Waals surface area (Å²) < 4.78 is 0. The third kappa shape index (κ3) is 3.65. The van der Waals surface area contributed by atoms with Crippen molar-refractivity contribution in [2.75, 3.05) is 0 Å². The second kappa shape index (κ2) is 7.73. The normalized spacial score (nSPS) is 11.6. The Kier molecular flexibility index (Phi) is 5.15. The van der Waals surface area contributed by atoms with Gasteiger partial charge in [0.25, 0.3) is 0 Å². The van der Waals surface area contributed by atoms with Gasteiger partial charge in [0.05, 0.1) is 16.8 Å². The molecule has 0 radical (unpaired) electrons. The number of allylic oxidation sites excluding steroid dienone is 1. The Morgan fingerprint density at radius 2 is 1.89 bits per heavy atom. The van der Waals surface area contributed by atoms with Gasteiger partial charge < -0.3 is 0 Å². The van der Waals surface area contributed by atoms with Crippen LogP contribution in [-0.2, 0) is 0 Å². The lowest BCUT2D eigenvalue weighted by Crippen LogP contribution is -1.89. The Bertz CT molecular complexity index is 1250. The second-order valence-electron chi connectivity index (χ2n) is 6.23. The average Bonchev–Trinajstić information content (AvgIpc) is 3.17. The molecule has 0 unspecified atom stereocenters. The number of hydrogen-bond donors (Lipinski definition) is 0. The molecule has 3 nitrogen and oxygen atoms in total. The molecule has 0 atom stereocenters. The van der Waals surface area contributed by atoms with E-state index >= 15 is 0 Å². The van der Waals surface area contributed by atoms with E-state index in [1.54, 1.807) is 6.08 Å². The van der Waals surface area contributed by atoms with Crippen molar-refractivity contribution < 1.29 is 0 Å². The van der Waals surface area contributed by atoms with Crippen molar-refractivity contribution >= 4 is 57.1 Å². The molecule has 0 aliphatic carbocycles. The number of para-hydroxylation sites is 1. The van der Waals surface area contributed by atoms with Crippen molar-refractivity contribution in [3.05, 3.63) is 80.2 Å². The number of aromatic nitrogens is 2. The van der Waals surface area contributed by atoms with E-state index in [1.165, 1.54) is 11.3 Å². The molecule has 2 heterocycles. The van der Waals surface area contributed by atoms with Gasteiger partial charge in [-0.3, -0.25) is 0 Å². The van der Waals surface area contributed by atoms with E-state index in [-0.39, 0.29) is 0 Å². The number of nitrogens with zero attached hydrogens (tertiary/aromatic N) is 3. The van der Waals surface area contributed by atoms with Gasteiger partial charge in [-0.15, -0.1) is 11.3 Å². The quantitative estimate of drug-likeness (QED) is 0.263. The maximum absolute atomic E-state index is 9.67. The molecule has 0 bridgehead atoms. The number of rotatable bonds is 3. The van der Waals surface area contributed by atoms with Crippen LogP contribution in [0, 0.1) is 18.3 Å². The first-order valence-corrected chi connectivity index (χ1v) is 10.1. The molecule has 0 N–H and O–H groups in total. The van der Waals surface area contributed by atoms with Crippen molar-refractivity contribution in [2.24, 2.45) is 0 Å². The number of aryl methyl sites for hydroxylation is 1. The molecule has 4 aromatic rings. The Hall–Kier alpha value is -2.71. The van der Waals surface area contributed by atoms with Gasteiger partial charge >= 0.3 is 0 Å². The minimum atomic E-state index is 0.365. The van der Waals surface area contributed by atoms with Gasteiger partial charge in [-0.1, -0.05) is 53.5 Å². The van der Waals surface area contributed by atoms with E-state index in [0.29, 0.717) is 26.3 Å². The average molecular weight is 422 g/mol. The van der Waals surface area contributed by atoms with Gasteiger partial charge in [0.1, 0.15) is 16.2 Å². The molecule has 2 aromatic carbocycles. The fourth-order valence-corrected chi connectivity index (χ4v) is 4.00. The van der Waals surface area contributed by atoms with Gasteiger partial charge in [-0.25, -0.2) is 9.97 Å². The zero-order valence-electron chi connectivity index (χ0n) is 14.8. The molecule has 28 heavy (non-hydrogen) atoms. The molecule has 0 aliphatic heterocycles. The summed E-state index contributed by atoms with van der Waals surface area (Å²) in [4.78, 5) is 9.10. The molecule has 136 valence electrons. The highest BCUT2D eigenvalue weighted by atomic mass is 35.5. The second-order valence-corrected chi connectivity index (χ2v) is 7.88. The summed E-state index contributed by atoms with van der Waals surface area (Å²) in [7, 11) is 0. The Balaban J connectivity index is 1.74.